The van der Waals surface area contributed by atoms with E-state index in [-0.39, 0.29) is 104 Å². The third-order valence-electron chi connectivity index (χ3n) is 18.2. The number of alkyl halides is 6. The Morgan fingerprint density at radius 3 is 1.11 bits per heavy atom. The second-order valence-electron chi connectivity index (χ2n) is 27.5. The van der Waals surface area contributed by atoms with Crippen molar-refractivity contribution in [1.29, 1.82) is 0 Å². The van der Waals surface area contributed by atoms with Gasteiger partial charge in [-0.2, -0.15) is 26.3 Å². The lowest BCUT2D eigenvalue weighted by Gasteiger charge is -2.28. The highest BCUT2D eigenvalue weighted by atomic mass is 79.9. The van der Waals surface area contributed by atoms with E-state index in [1.165, 1.54) is 121 Å². The number of nitrogens with zero attached hydrogens (tertiary/aromatic N) is 2. The maximum absolute atomic E-state index is 13.9. The van der Waals surface area contributed by atoms with E-state index >= 15 is 0 Å². The van der Waals surface area contributed by atoms with Gasteiger partial charge in [0, 0.05) is 63.1 Å². The quantitative estimate of drug-likeness (QED) is 0.0335. The first-order valence-corrected chi connectivity index (χ1v) is 49.3. The summed E-state index contributed by atoms with van der Waals surface area (Å²) >= 11 is 19.5. The van der Waals surface area contributed by atoms with E-state index in [0.717, 1.165) is 77.5 Å². The summed E-state index contributed by atoms with van der Waals surface area (Å²) in [5.41, 5.74) is 1.85. The van der Waals surface area contributed by atoms with Crippen molar-refractivity contribution in [2.75, 3.05) is 23.8 Å². The minimum Gasteiger partial charge on any atom is -0.391 e. The summed E-state index contributed by atoms with van der Waals surface area (Å²) in [4.78, 5) is 24.8. The molecule has 37 heteroatoms. The van der Waals surface area contributed by atoms with E-state index in [2.05, 4.69) is 85.3 Å². The van der Waals surface area contributed by atoms with Gasteiger partial charge in [-0.15, -0.1) is 56.7 Å². The standard InChI is InChI=1S/C25H20BrF4NO3S2.C24H16BrF4NO3S2.C16H12BrNO3S2.C14H10BrNO2S2.C8H7NS.6CH4.CH3/c1-24(2,32)22-18-5-3-4-6-21(18)35-23(22)31(36(33,34)17-10-8-16(26)9-11-17)14-15-7-12-20(27)19(13-15)25(28,29)30;1-14(31)22-18-4-2-3-5-21(18)34-23(22)30(35(32,33)17-9-7-16(25)8-10-17)13-15-6-11-20(26)19(12-15)24(27,28)29;1-10(19)15-13-4-2-3-5-14(13)22-16(15)18-23(20,21)12-8-6-11(17)7-9-12;15-11-5-7-12(8-6-11)20(17,18)16-14-9-10-3-1-2-4-13(10)19-14;9-8-5-6-3-1-2-4-7(6)10-8;;;;;;;/h3-13,32H,14H2,1-2H3;2-12H,13H2,1H3;2-9,18H,1H3;1-9,16H;1-5H,9H2;6*1H4;1H3/q;;;;;;;;;;;-1. The van der Waals surface area contributed by atoms with Crippen LogP contribution in [-0.2, 0) is 71.1 Å². The predicted octanol–water partition coefficient (Wildman–Crippen LogP) is 30.7. The van der Waals surface area contributed by atoms with Crippen molar-refractivity contribution >= 4 is 247 Å². The number of nitrogen functional groups attached to an aromatic ring is 1. The number of nitrogens with two attached hydrogens (primary N) is 1. The van der Waals surface area contributed by atoms with E-state index in [4.69, 9.17) is 5.73 Å². The fraction of sp³-hybridized carbons (Fsp3) is 0.160. The Hall–Kier alpha value is -9.32. The molecular formula is C94H92Br4F8N5O11S9-. The largest absolute Gasteiger partial charge is 0.419 e. The third kappa shape index (κ3) is 26.8. The smallest absolute Gasteiger partial charge is 0.391 e. The lowest BCUT2D eigenvalue weighted by molar-refractivity contribution is -0.140. The highest BCUT2D eigenvalue weighted by Crippen LogP contribution is 2.48. The number of hydrogen-bond donors (Lipinski definition) is 4. The molecular weight excluding hydrogens is 2140 g/mol. The number of rotatable bonds is 19. The van der Waals surface area contributed by atoms with Gasteiger partial charge in [-0.05, 0) is 213 Å². The minimum absolute atomic E-state index is 0. The summed E-state index contributed by atoms with van der Waals surface area (Å²) in [6.45, 7) is 4.69. The molecule has 5 heterocycles. The number of carbonyl (C=O) groups excluding carboxylic acids is 2. The number of fused-ring (bicyclic) bond motifs is 5. The average Bonchev–Trinajstić information content (AvgIpc) is 1.63. The first-order valence-electron chi connectivity index (χ1n) is 36.2. The molecule has 0 fully saturated rings. The summed E-state index contributed by atoms with van der Waals surface area (Å²) < 4.78 is 227. The molecule has 0 unspecified atom stereocenters. The van der Waals surface area contributed by atoms with Gasteiger partial charge < -0.3 is 18.3 Å². The van der Waals surface area contributed by atoms with Crippen LogP contribution in [0.2, 0.25) is 0 Å². The molecule has 0 atom stereocenters. The van der Waals surface area contributed by atoms with Crippen LogP contribution in [-0.4, -0.2) is 50.3 Å². The second kappa shape index (κ2) is 46.1. The van der Waals surface area contributed by atoms with Gasteiger partial charge in [0.25, 0.3) is 40.1 Å². The molecule has 0 aliphatic carbocycles. The monoisotopic (exact) mass is 2220 g/mol. The van der Waals surface area contributed by atoms with Gasteiger partial charge in [-0.25, -0.2) is 42.5 Å². The maximum atomic E-state index is 13.9. The van der Waals surface area contributed by atoms with E-state index in [0.29, 0.717) is 74.5 Å². The van der Waals surface area contributed by atoms with Gasteiger partial charge in [0.2, 0.25) is 0 Å². The zero-order valence-corrected chi connectivity index (χ0v) is 79.2. The molecule has 5 aromatic heterocycles. The van der Waals surface area contributed by atoms with Crippen molar-refractivity contribution in [1.82, 2.24) is 0 Å². The second-order valence-corrected chi connectivity index (χ2v) is 43.6. The fourth-order valence-corrected chi connectivity index (χ4v) is 25.1. The number of ketones is 2. The average molecular weight is 2230 g/mol. The van der Waals surface area contributed by atoms with Crippen LogP contribution in [0, 0.1) is 19.1 Å². The van der Waals surface area contributed by atoms with Crippen LogP contribution in [0.1, 0.15) is 121 Å². The van der Waals surface area contributed by atoms with E-state index in [9.17, 15) is 83.5 Å². The van der Waals surface area contributed by atoms with Crippen molar-refractivity contribution in [3.05, 3.63) is 343 Å². The number of sulfonamides is 4. The number of anilines is 5. The molecule has 0 saturated heterocycles. The first kappa shape index (κ1) is 112. The number of benzene rings is 11. The molecule has 16 rings (SSSR count). The van der Waals surface area contributed by atoms with E-state index in [1.54, 1.807) is 96.3 Å². The van der Waals surface area contributed by atoms with Crippen molar-refractivity contribution in [3.63, 3.8) is 0 Å². The molecule has 16 nitrogen and oxygen atoms in total. The zero-order valence-electron chi connectivity index (χ0n) is 65.5. The van der Waals surface area contributed by atoms with Gasteiger partial charge in [-0.1, -0.05) is 211 Å². The van der Waals surface area contributed by atoms with Crippen molar-refractivity contribution < 1.29 is 83.5 Å². The number of Topliss-reactive ketones (excluding diaryl/α,β-unsaturated/α-hetero) is 2. The molecule has 0 spiro atoms. The fourth-order valence-electron chi connectivity index (χ4n) is 12.6. The van der Waals surface area contributed by atoms with Crippen LogP contribution >= 0.6 is 120 Å². The van der Waals surface area contributed by atoms with E-state index < -0.39 is 99.7 Å². The van der Waals surface area contributed by atoms with Crippen LogP contribution in [0.3, 0.4) is 0 Å². The molecule has 0 aliphatic heterocycles. The number of carbonyl (C=O) groups is 2. The molecule has 0 bridgehead atoms. The Kier molecular flexibility index (Phi) is 39.5. The molecule has 0 amide bonds. The third-order valence-corrected chi connectivity index (χ3v) is 32.5. The minimum atomic E-state index is -4.96. The van der Waals surface area contributed by atoms with Crippen LogP contribution in [0.5, 0.6) is 0 Å². The lowest BCUT2D eigenvalue weighted by atomic mass is 9.96. The Morgan fingerprint density at radius 2 is 0.725 bits per heavy atom. The summed E-state index contributed by atoms with van der Waals surface area (Å²) in [7, 11) is -15.9. The van der Waals surface area contributed by atoms with Crippen LogP contribution in [0.25, 0.3) is 50.4 Å². The molecule has 0 aliphatic rings. The molecule has 0 radical (unpaired) electrons. The van der Waals surface area contributed by atoms with E-state index in [1.807, 2.05) is 72.8 Å². The number of aliphatic hydroxyl groups is 1. The van der Waals surface area contributed by atoms with Gasteiger partial charge in [-0.3, -0.25) is 27.6 Å². The molecule has 698 valence electrons. The van der Waals surface area contributed by atoms with Gasteiger partial charge in [0.1, 0.15) is 31.6 Å². The summed E-state index contributed by atoms with van der Waals surface area (Å²) in [5, 5.41) is 17.3. The molecule has 11 aromatic carbocycles. The van der Waals surface area contributed by atoms with Crippen molar-refractivity contribution in [2.45, 2.75) is 123 Å². The highest BCUT2D eigenvalue weighted by Gasteiger charge is 2.39. The number of hydrogen-bond acceptors (Lipinski definition) is 17. The first-order chi connectivity index (χ1) is 58.4. The van der Waals surface area contributed by atoms with Gasteiger partial charge in [0.05, 0.1) is 65.5 Å². The number of nitrogens with one attached hydrogen (secondary N) is 2. The Labute approximate surface area is 812 Å². The summed E-state index contributed by atoms with van der Waals surface area (Å²) in [6.07, 6.45) is -9.91. The zero-order chi connectivity index (χ0) is 89.8. The Bertz CT molecular complexity index is 7090. The van der Waals surface area contributed by atoms with Crippen LogP contribution < -0.4 is 23.8 Å². The molecule has 131 heavy (non-hydrogen) atoms. The number of halogens is 12. The molecule has 5 N–H and O–H groups in total. The van der Waals surface area contributed by atoms with Gasteiger partial charge in [0.15, 0.2) is 11.6 Å². The van der Waals surface area contributed by atoms with Gasteiger partial charge >= 0.3 is 12.4 Å². The normalized spacial score (nSPS) is 11.4. The van der Waals surface area contributed by atoms with Crippen LogP contribution in [0.15, 0.2) is 304 Å². The Morgan fingerprint density at radius 1 is 0.397 bits per heavy atom. The lowest BCUT2D eigenvalue weighted by Crippen LogP contribution is -2.32. The van der Waals surface area contributed by atoms with Crippen molar-refractivity contribution in [2.24, 2.45) is 0 Å². The molecule has 16 aromatic rings. The highest BCUT2D eigenvalue weighted by molar-refractivity contribution is 9.11. The van der Waals surface area contributed by atoms with Crippen molar-refractivity contribution in [3.8, 4) is 0 Å². The maximum Gasteiger partial charge on any atom is 0.419 e. The molecule has 0 saturated carbocycles. The SMILES string of the molecule is C.C.C.C.C.C.CC(=O)c1c(N(Cc2ccc(F)c(C(F)(F)F)c2)S(=O)(=O)c2ccc(Br)cc2)sc2ccccc12.CC(=O)c1c(NS(=O)(=O)c2ccc(Br)cc2)sc2ccccc12.CC(C)(O)c1c(N(Cc2ccc(F)c(C(F)(F)F)c2)S(=O)(=O)c2ccc(Br)cc2)sc2ccccc12.Nc1cc2ccccc2s1.O=S(=O)(Nc1cc2ccccc2s1)c1ccc(Br)cc1.[CH3-]. The summed E-state index contributed by atoms with van der Waals surface area (Å²) in [5.74, 6) is -3.48. The summed E-state index contributed by atoms with van der Waals surface area (Å²) in [6, 6.07) is 70.2. The van der Waals surface area contributed by atoms with Crippen LogP contribution in [0.4, 0.5) is 60.1 Å². The number of thiophene rings is 5. The Balaban J connectivity index is 0.000000299. The predicted molar refractivity (Wildman–Crippen MR) is 543 cm³/mol. The topological polar surface area (TPSA) is 247 Å².